The van der Waals surface area contributed by atoms with Crippen molar-refractivity contribution in [2.75, 3.05) is 31.3 Å². The minimum Gasteiger partial charge on any atom is -0.461 e. The van der Waals surface area contributed by atoms with E-state index in [1.807, 2.05) is 24.0 Å². The second kappa shape index (κ2) is 13.1. The zero-order valence-corrected chi connectivity index (χ0v) is 27.5. The first-order valence-corrected chi connectivity index (χ1v) is 19.7. The Hall–Kier alpha value is -2.97. The molecule has 1 aromatic carbocycles. The maximum Gasteiger partial charge on any atom is 0.358 e. The van der Waals surface area contributed by atoms with Gasteiger partial charge in [0.15, 0.2) is 27.3 Å². The van der Waals surface area contributed by atoms with E-state index >= 15 is 0 Å². The summed E-state index contributed by atoms with van der Waals surface area (Å²) < 4.78 is 14.6. The highest BCUT2D eigenvalue weighted by Gasteiger charge is 2.30. The van der Waals surface area contributed by atoms with E-state index in [4.69, 9.17) is 14.5 Å². The number of aliphatic hydroxyl groups is 1. The highest BCUT2D eigenvalue weighted by Crippen LogP contribution is 2.39. The van der Waals surface area contributed by atoms with E-state index in [2.05, 4.69) is 51.5 Å². The lowest BCUT2D eigenvalue weighted by Gasteiger charge is -2.16. The molecular weight excluding hydrogens is 589 g/mol. The van der Waals surface area contributed by atoms with Crippen molar-refractivity contribution in [3.8, 4) is 0 Å². The largest absolute Gasteiger partial charge is 0.461 e. The highest BCUT2D eigenvalue weighted by molar-refractivity contribution is 7.16. The van der Waals surface area contributed by atoms with Crippen molar-refractivity contribution in [2.24, 2.45) is 4.99 Å². The van der Waals surface area contributed by atoms with E-state index in [1.165, 1.54) is 11.3 Å². The Balaban J connectivity index is 1.46. The Morgan fingerprint density at radius 1 is 1.19 bits per heavy atom. The van der Waals surface area contributed by atoms with E-state index in [-0.39, 0.29) is 13.2 Å². The van der Waals surface area contributed by atoms with E-state index in [1.54, 1.807) is 18.3 Å². The van der Waals surface area contributed by atoms with Crippen molar-refractivity contribution < 1.29 is 19.4 Å². The zero-order valence-electron chi connectivity index (χ0n) is 24.8. The number of aromatic nitrogens is 4. The van der Waals surface area contributed by atoms with Gasteiger partial charge < -0.3 is 19.5 Å². The second-order valence-corrected chi connectivity index (χ2v) is 19.1. The smallest absolute Gasteiger partial charge is 0.358 e. The topological polar surface area (TPSA) is 115 Å². The van der Waals surface area contributed by atoms with Crippen LogP contribution in [0.15, 0.2) is 29.3 Å². The summed E-state index contributed by atoms with van der Waals surface area (Å²) in [5.74, 6) is 0.890. The molecule has 0 aliphatic carbocycles. The first kappa shape index (κ1) is 30.5. The van der Waals surface area contributed by atoms with Gasteiger partial charge in [0.25, 0.3) is 0 Å². The molecule has 3 aromatic heterocycles. The number of nitrogens with zero attached hydrogens (tertiary/aromatic N) is 6. The number of aryl methyl sites for hydroxylation is 1. The molecule has 0 spiro atoms. The van der Waals surface area contributed by atoms with Crippen LogP contribution in [-0.2, 0) is 29.0 Å². The van der Waals surface area contributed by atoms with E-state index in [9.17, 15) is 9.90 Å². The van der Waals surface area contributed by atoms with Crippen molar-refractivity contribution in [1.29, 1.82) is 0 Å². The zero-order chi connectivity index (χ0) is 29.9. The summed E-state index contributed by atoms with van der Waals surface area (Å²) in [5.41, 5.74) is 3.46. The van der Waals surface area contributed by atoms with Gasteiger partial charge in [0.1, 0.15) is 6.73 Å². The molecule has 0 atom stereocenters. The average molecular weight is 627 g/mol. The molecule has 10 nitrogen and oxygen atoms in total. The SMILES string of the molecule is CCOC(=O)c1nc(N2CCc3c2nnc(/N=c2\sc4ccccc4n2COCC[Si](C)(C)C)c3C)sc1CCCO. The van der Waals surface area contributed by atoms with Crippen LogP contribution in [0.3, 0.4) is 0 Å². The molecular formula is C29H38N6O4S2Si. The van der Waals surface area contributed by atoms with Crippen LogP contribution in [0.25, 0.3) is 10.2 Å². The lowest BCUT2D eigenvalue weighted by molar-refractivity contribution is 0.0519. The summed E-state index contributed by atoms with van der Waals surface area (Å²) >= 11 is 3.06. The molecule has 0 radical (unpaired) electrons. The number of aliphatic hydroxyl groups excluding tert-OH is 1. The number of thiazole rings is 2. The Morgan fingerprint density at radius 2 is 2.00 bits per heavy atom. The van der Waals surface area contributed by atoms with Gasteiger partial charge in [-0.3, -0.25) is 4.57 Å². The lowest BCUT2D eigenvalue weighted by atomic mass is 10.1. The van der Waals surface area contributed by atoms with E-state index in [0.29, 0.717) is 42.8 Å². The summed E-state index contributed by atoms with van der Waals surface area (Å²) in [6, 6.07) is 9.38. The molecule has 1 aliphatic rings. The molecule has 0 saturated carbocycles. The van der Waals surface area contributed by atoms with Crippen LogP contribution in [-0.4, -0.2) is 65.3 Å². The molecule has 224 valence electrons. The lowest BCUT2D eigenvalue weighted by Crippen LogP contribution is -2.23. The second-order valence-electron chi connectivity index (χ2n) is 11.4. The number of carbonyl (C=O) groups is 1. The summed E-state index contributed by atoms with van der Waals surface area (Å²) in [6.07, 6.45) is 1.88. The number of esters is 1. The maximum absolute atomic E-state index is 12.6. The molecule has 42 heavy (non-hydrogen) atoms. The van der Waals surface area contributed by atoms with Gasteiger partial charge in [-0.1, -0.05) is 43.1 Å². The Kier molecular flexibility index (Phi) is 9.53. The van der Waals surface area contributed by atoms with Crippen LogP contribution in [0.2, 0.25) is 25.7 Å². The van der Waals surface area contributed by atoms with Crippen molar-refractivity contribution in [2.45, 2.75) is 65.5 Å². The molecule has 0 amide bonds. The molecule has 4 heterocycles. The number of carbonyl (C=O) groups excluding carboxylic acids is 1. The molecule has 0 fully saturated rings. The quantitative estimate of drug-likeness (QED) is 0.123. The first-order chi connectivity index (χ1) is 20.2. The minimum absolute atomic E-state index is 0.0450. The molecule has 1 aliphatic heterocycles. The Morgan fingerprint density at radius 3 is 2.76 bits per heavy atom. The van der Waals surface area contributed by atoms with Gasteiger partial charge in [-0.25, -0.2) is 9.78 Å². The molecule has 5 rings (SSSR count). The third-order valence-corrected chi connectivity index (χ3v) is 11.0. The molecule has 4 aromatic rings. The number of para-hydroxylation sites is 1. The van der Waals surface area contributed by atoms with Gasteiger partial charge in [-0.15, -0.1) is 21.5 Å². The van der Waals surface area contributed by atoms with Crippen LogP contribution >= 0.6 is 22.7 Å². The van der Waals surface area contributed by atoms with Gasteiger partial charge in [-0.05, 0) is 51.3 Å². The van der Waals surface area contributed by atoms with Gasteiger partial charge in [0, 0.05) is 43.8 Å². The fraction of sp³-hybridized carbons (Fsp3) is 0.483. The first-order valence-electron chi connectivity index (χ1n) is 14.3. The highest BCUT2D eigenvalue weighted by atomic mass is 32.1. The van der Waals surface area contributed by atoms with Crippen LogP contribution in [0, 0.1) is 6.92 Å². The normalized spacial score (nSPS) is 13.8. The third-order valence-electron chi connectivity index (χ3n) is 7.09. The Labute approximate surface area is 254 Å². The van der Waals surface area contributed by atoms with Crippen LogP contribution in [0.5, 0.6) is 0 Å². The fourth-order valence-corrected chi connectivity index (χ4v) is 7.64. The van der Waals surface area contributed by atoms with Gasteiger partial charge >= 0.3 is 5.97 Å². The van der Waals surface area contributed by atoms with Gasteiger partial charge in [0.2, 0.25) is 0 Å². The van der Waals surface area contributed by atoms with E-state index < -0.39 is 14.0 Å². The van der Waals surface area contributed by atoms with Crippen LogP contribution in [0.1, 0.15) is 39.8 Å². The van der Waals surface area contributed by atoms with Crippen molar-refractivity contribution in [3.63, 3.8) is 0 Å². The number of hydrogen-bond acceptors (Lipinski definition) is 11. The predicted octanol–water partition coefficient (Wildman–Crippen LogP) is 5.60. The number of ether oxygens (including phenoxy) is 2. The molecule has 0 saturated heterocycles. The molecule has 13 heteroatoms. The summed E-state index contributed by atoms with van der Waals surface area (Å²) in [5, 5.41) is 19.2. The average Bonchev–Trinajstić information content (AvgIpc) is 3.66. The maximum atomic E-state index is 12.6. The molecule has 0 bridgehead atoms. The van der Waals surface area contributed by atoms with Crippen molar-refractivity contribution >= 4 is 63.7 Å². The fourth-order valence-electron chi connectivity index (χ4n) is 4.75. The van der Waals surface area contributed by atoms with Crippen LogP contribution in [0.4, 0.5) is 16.8 Å². The summed E-state index contributed by atoms with van der Waals surface area (Å²) in [4.78, 5) is 25.9. The summed E-state index contributed by atoms with van der Waals surface area (Å²) in [7, 11) is -1.19. The minimum atomic E-state index is -1.19. The molecule has 0 unspecified atom stereocenters. The number of anilines is 2. The number of hydrogen-bond donors (Lipinski definition) is 1. The van der Waals surface area contributed by atoms with Gasteiger partial charge in [-0.2, -0.15) is 4.99 Å². The standard InChI is InChI=1S/C29H38N6O4S2Si/c1-6-39-27(37)24-23(12-9-15-36)41-28(30-24)34-14-13-20-19(2)25(32-33-26(20)34)31-29-35(18-38-16-17-42(3,4)5)21-10-7-8-11-22(21)40-29/h7-8,10-11,36H,6,9,12-18H2,1-5H3/b31-29-. The third kappa shape index (κ3) is 6.65. The number of fused-ring (bicyclic) bond motifs is 2. The predicted molar refractivity (Wildman–Crippen MR) is 170 cm³/mol. The number of rotatable bonds is 12. The van der Waals surface area contributed by atoms with E-state index in [0.717, 1.165) is 55.9 Å². The monoisotopic (exact) mass is 626 g/mol. The van der Waals surface area contributed by atoms with Crippen molar-refractivity contribution in [1.82, 2.24) is 19.7 Å². The summed E-state index contributed by atoms with van der Waals surface area (Å²) in [6.45, 7) is 13.0. The number of benzene rings is 1. The van der Waals surface area contributed by atoms with Crippen molar-refractivity contribution in [3.05, 3.63) is 50.8 Å². The Bertz CT molecular complexity index is 1640. The van der Waals surface area contributed by atoms with Gasteiger partial charge in [0.05, 0.1) is 16.8 Å². The molecule has 1 N–H and O–H groups in total. The van der Waals surface area contributed by atoms with Crippen LogP contribution < -0.4 is 9.70 Å².